The van der Waals surface area contributed by atoms with Gasteiger partial charge in [-0.25, -0.2) is 9.07 Å². The maximum atomic E-state index is 14.2. The second-order valence-corrected chi connectivity index (χ2v) is 8.56. The van der Waals surface area contributed by atoms with Crippen molar-refractivity contribution in [1.29, 1.82) is 0 Å². The van der Waals surface area contributed by atoms with Gasteiger partial charge in [0, 0.05) is 15.9 Å². The van der Waals surface area contributed by atoms with Crippen molar-refractivity contribution in [2.75, 3.05) is 5.32 Å². The highest BCUT2D eigenvalue weighted by molar-refractivity contribution is 9.10. The van der Waals surface area contributed by atoms with Crippen molar-refractivity contribution >= 4 is 38.6 Å². The number of halogens is 2. The molecule has 4 rings (SSSR count). The molecule has 32 heavy (non-hydrogen) atoms. The van der Waals surface area contributed by atoms with Gasteiger partial charge >= 0.3 is 0 Å². The van der Waals surface area contributed by atoms with Gasteiger partial charge in [-0.05, 0) is 61.7 Å². The molecule has 0 spiro atoms. The van der Waals surface area contributed by atoms with E-state index in [1.807, 2.05) is 38.1 Å². The molecule has 8 heteroatoms. The molecule has 0 aliphatic rings. The maximum Gasteiger partial charge on any atom is 0.252 e. The number of pyridine rings is 1. The van der Waals surface area contributed by atoms with E-state index >= 15 is 0 Å². The highest BCUT2D eigenvalue weighted by Gasteiger charge is 2.19. The molecule has 0 unspecified atom stereocenters. The molecule has 0 saturated heterocycles. The van der Waals surface area contributed by atoms with E-state index < -0.39 is 11.7 Å². The molecule has 164 valence electrons. The topological polar surface area (TPSA) is 68.9 Å². The first kappa shape index (κ1) is 22.0. The van der Waals surface area contributed by atoms with E-state index in [0.29, 0.717) is 10.1 Å². The Morgan fingerprint density at radius 1 is 1.12 bits per heavy atom. The second kappa shape index (κ2) is 8.70. The summed E-state index contributed by atoms with van der Waals surface area (Å²) < 4.78 is 17.8. The molecule has 0 aliphatic carbocycles. The van der Waals surface area contributed by atoms with Crippen LogP contribution >= 0.6 is 15.9 Å². The van der Waals surface area contributed by atoms with Crippen LogP contribution in [0, 0.1) is 19.7 Å². The number of fused-ring (bicyclic) bond motifs is 1. The number of nitrogens with zero attached hydrogens (tertiary/aromatic N) is 3. The summed E-state index contributed by atoms with van der Waals surface area (Å²) in [5.74, 6) is -1.07. The third-order valence-corrected chi connectivity index (χ3v) is 5.88. The number of benzene rings is 2. The molecular weight excluding hydrogens is 475 g/mol. The number of hydrogen-bond acceptors (Lipinski definition) is 3. The zero-order valence-electron chi connectivity index (χ0n) is 17.9. The second-order valence-electron chi connectivity index (χ2n) is 7.64. The Hall–Kier alpha value is -3.26. The first-order valence-corrected chi connectivity index (χ1v) is 11.0. The minimum absolute atomic E-state index is 0.0504. The van der Waals surface area contributed by atoms with Crippen molar-refractivity contribution in [3.05, 3.63) is 86.0 Å². The Morgan fingerprint density at radius 2 is 1.84 bits per heavy atom. The molecule has 0 bridgehead atoms. The first-order chi connectivity index (χ1) is 15.3. The molecule has 4 aromatic rings. The Kier molecular flexibility index (Phi) is 5.97. The summed E-state index contributed by atoms with van der Waals surface area (Å²) in [7, 11) is 0. The largest absolute Gasteiger partial charge is 0.322 e. The van der Waals surface area contributed by atoms with E-state index in [0.717, 1.165) is 28.8 Å². The molecule has 0 fully saturated rings. The van der Waals surface area contributed by atoms with Crippen LogP contribution in [0.5, 0.6) is 0 Å². The lowest BCUT2D eigenvalue weighted by molar-refractivity contribution is -0.116. The van der Waals surface area contributed by atoms with Crippen molar-refractivity contribution in [2.24, 2.45) is 0 Å². The highest BCUT2D eigenvalue weighted by Crippen LogP contribution is 2.24. The zero-order chi connectivity index (χ0) is 23.0. The molecule has 0 aliphatic heterocycles. The smallest absolute Gasteiger partial charge is 0.252 e. The van der Waals surface area contributed by atoms with Gasteiger partial charge in [0.05, 0.1) is 17.1 Å². The van der Waals surface area contributed by atoms with Crippen LogP contribution < -0.4 is 10.9 Å². The standard InChI is InChI=1S/C24H22BrFN4O2/c1-4-16-5-8-18(9-6-16)30-24-23(15(3)28-30)14(2)11-22(32)29(24)13-21(31)27-20-10-7-17(25)12-19(20)26/h5-12H,4,13H2,1-3H3,(H,27,31). The average Bonchev–Trinajstić information content (AvgIpc) is 3.10. The van der Waals surface area contributed by atoms with Crippen molar-refractivity contribution in [1.82, 2.24) is 14.3 Å². The molecule has 0 atom stereocenters. The Morgan fingerprint density at radius 3 is 2.50 bits per heavy atom. The van der Waals surface area contributed by atoms with Gasteiger partial charge in [-0.1, -0.05) is 35.0 Å². The van der Waals surface area contributed by atoms with Crippen LogP contribution in [0.3, 0.4) is 0 Å². The van der Waals surface area contributed by atoms with Crippen LogP contribution in [-0.4, -0.2) is 20.3 Å². The van der Waals surface area contributed by atoms with E-state index in [4.69, 9.17) is 0 Å². The number of nitrogens with one attached hydrogen (secondary N) is 1. The van der Waals surface area contributed by atoms with Gasteiger partial charge in [0.2, 0.25) is 5.91 Å². The van der Waals surface area contributed by atoms with E-state index in [1.54, 1.807) is 10.7 Å². The van der Waals surface area contributed by atoms with Crippen LogP contribution in [0.1, 0.15) is 23.7 Å². The summed E-state index contributed by atoms with van der Waals surface area (Å²) in [6, 6.07) is 13.8. The number of rotatable bonds is 5. The van der Waals surface area contributed by atoms with Gasteiger partial charge in [-0.15, -0.1) is 0 Å². The van der Waals surface area contributed by atoms with Crippen molar-refractivity contribution < 1.29 is 9.18 Å². The molecule has 2 aromatic heterocycles. The van der Waals surface area contributed by atoms with E-state index in [-0.39, 0.29) is 17.8 Å². The summed E-state index contributed by atoms with van der Waals surface area (Å²) in [6.07, 6.45) is 0.912. The van der Waals surface area contributed by atoms with Crippen molar-refractivity contribution in [2.45, 2.75) is 33.7 Å². The monoisotopic (exact) mass is 496 g/mol. The van der Waals surface area contributed by atoms with Crippen LogP contribution in [0.2, 0.25) is 0 Å². The van der Waals surface area contributed by atoms with Crippen molar-refractivity contribution in [3.8, 4) is 5.69 Å². The highest BCUT2D eigenvalue weighted by atomic mass is 79.9. The molecule has 1 N–H and O–H groups in total. The Bertz CT molecular complexity index is 1390. The molecular formula is C24H22BrFN4O2. The van der Waals surface area contributed by atoms with Crippen LogP contribution in [0.4, 0.5) is 10.1 Å². The lowest BCUT2D eigenvalue weighted by Crippen LogP contribution is -2.29. The lowest BCUT2D eigenvalue weighted by Gasteiger charge is -2.13. The minimum atomic E-state index is -0.564. The molecule has 1 amide bonds. The first-order valence-electron chi connectivity index (χ1n) is 10.2. The quantitative estimate of drug-likeness (QED) is 0.426. The van der Waals surface area contributed by atoms with Crippen LogP contribution in [-0.2, 0) is 17.8 Å². The fraction of sp³-hybridized carbons (Fsp3) is 0.208. The van der Waals surface area contributed by atoms with E-state index in [2.05, 4.69) is 33.3 Å². The Labute approximate surface area is 192 Å². The zero-order valence-corrected chi connectivity index (χ0v) is 19.5. The number of amides is 1. The fourth-order valence-electron chi connectivity index (χ4n) is 3.80. The number of aryl methyl sites for hydroxylation is 3. The molecule has 2 aromatic carbocycles. The number of anilines is 1. The fourth-order valence-corrected chi connectivity index (χ4v) is 4.13. The van der Waals surface area contributed by atoms with Crippen molar-refractivity contribution in [3.63, 3.8) is 0 Å². The lowest BCUT2D eigenvalue weighted by atomic mass is 10.1. The number of carbonyl (C=O) groups excluding carboxylic acids is 1. The van der Waals surface area contributed by atoms with Gasteiger partial charge in [-0.2, -0.15) is 5.10 Å². The summed E-state index contributed by atoms with van der Waals surface area (Å²) in [5.41, 5.74) is 3.77. The van der Waals surface area contributed by atoms with E-state index in [1.165, 1.54) is 28.3 Å². The average molecular weight is 497 g/mol. The van der Waals surface area contributed by atoms with Gasteiger partial charge in [0.15, 0.2) is 0 Å². The summed E-state index contributed by atoms with van der Waals surface area (Å²) >= 11 is 3.19. The van der Waals surface area contributed by atoms with Gasteiger partial charge < -0.3 is 5.32 Å². The van der Waals surface area contributed by atoms with Crippen LogP contribution in [0.15, 0.2) is 57.8 Å². The van der Waals surface area contributed by atoms with E-state index in [9.17, 15) is 14.0 Å². The number of carbonyl (C=O) groups is 1. The summed E-state index contributed by atoms with van der Waals surface area (Å²) in [6.45, 7) is 5.53. The summed E-state index contributed by atoms with van der Waals surface area (Å²) in [5, 5.41) is 8.01. The normalized spacial score (nSPS) is 11.2. The third-order valence-electron chi connectivity index (χ3n) is 5.39. The van der Waals surface area contributed by atoms with Crippen LogP contribution in [0.25, 0.3) is 16.7 Å². The Balaban J connectivity index is 1.79. The van der Waals surface area contributed by atoms with Gasteiger partial charge in [0.25, 0.3) is 5.56 Å². The van der Waals surface area contributed by atoms with Gasteiger partial charge in [-0.3, -0.25) is 14.2 Å². The molecule has 6 nitrogen and oxygen atoms in total. The molecule has 2 heterocycles. The molecule has 0 radical (unpaired) electrons. The predicted molar refractivity (Wildman–Crippen MR) is 127 cm³/mol. The number of hydrogen-bond donors (Lipinski definition) is 1. The predicted octanol–water partition coefficient (Wildman–Crippen LogP) is 4.91. The molecule has 0 saturated carbocycles. The summed E-state index contributed by atoms with van der Waals surface area (Å²) in [4.78, 5) is 25.7. The SMILES string of the molecule is CCc1ccc(-n2nc(C)c3c(C)cc(=O)n(CC(=O)Nc4ccc(Br)cc4F)c32)cc1. The van der Waals surface area contributed by atoms with Gasteiger partial charge in [0.1, 0.15) is 18.0 Å². The number of aromatic nitrogens is 3. The third kappa shape index (κ3) is 4.10. The minimum Gasteiger partial charge on any atom is -0.322 e. The maximum absolute atomic E-state index is 14.2.